The number of hydrogen-bond acceptors (Lipinski definition) is 3. The van der Waals surface area contributed by atoms with Gasteiger partial charge in [-0.15, -0.1) is 0 Å². The minimum Gasteiger partial charge on any atom is -0.355 e. The molecule has 1 unspecified atom stereocenters. The van der Waals surface area contributed by atoms with Crippen LogP contribution in [0, 0.1) is 5.41 Å². The molecule has 1 fully saturated rings. The third-order valence-electron chi connectivity index (χ3n) is 3.58. The van der Waals surface area contributed by atoms with Gasteiger partial charge in [0, 0.05) is 33.6 Å². The van der Waals surface area contributed by atoms with Crippen LogP contribution in [-0.4, -0.2) is 50.4 Å². The standard InChI is InChI=1S/C13H25N3O2/c1-4-6-13(7-9-14-10-13)12(18)15-8-5-11(17)16(2)3/h14H,4-10H2,1-3H3,(H,15,18). The molecule has 0 aliphatic carbocycles. The van der Waals surface area contributed by atoms with Crippen molar-refractivity contribution in [3.8, 4) is 0 Å². The molecule has 18 heavy (non-hydrogen) atoms. The quantitative estimate of drug-likeness (QED) is 0.720. The van der Waals surface area contributed by atoms with Crippen LogP contribution in [-0.2, 0) is 9.59 Å². The molecule has 1 aliphatic rings. The summed E-state index contributed by atoms with van der Waals surface area (Å²) in [6.07, 6.45) is 3.18. The molecule has 5 nitrogen and oxygen atoms in total. The van der Waals surface area contributed by atoms with Crippen LogP contribution in [0.15, 0.2) is 0 Å². The lowest BCUT2D eigenvalue weighted by Gasteiger charge is -2.26. The third-order valence-corrected chi connectivity index (χ3v) is 3.58. The SMILES string of the molecule is CCCC1(C(=O)NCCC(=O)N(C)C)CCNC1. The molecule has 1 saturated heterocycles. The Kier molecular flexibility index (Phi) is 5.59. The summed E-state index contributed by atoms with van der Waals surface area (Å²) in [5.41, 5.74) is -0.254. The van der Waals surface area contributed by atoms with Gasteiger partial charge in [0.25, 0.3) is 0 Å². The first kappa shape index (κ1) is 15.0. The summed E-state index contributed by atoms with van der Waals surface area (Å²) in [4.78, 5) is 25.2. The predicted molar refractivity (Wildman–Crippen MR) is 71.1 cm³/mol. The maximum atomic E-state index is 12.2. The average Bonchev–Trinajstić information content (AvgIpc) is 2.79. The maximum absolute atomic E-state index is 12.2. The van der Waals surface area contributed by atoms with Crippen molar-refractivity contribution in [2.45, 2.75) is 32.6 Å². The van der Waals surface area contributed by atoms with Gasteiger partial charge in [-0.3, -0.25) is 9.59 Å². The molecule has 104 valence electrons. The number of amides is 2. The van der Waals surface area contributed by atoms with Gasteiger partial charge < -0.3 is 15.5 Å². The molecule has 0 radical (unpaired) electrons. The normalized spacial score (nSPS) is 22.8. The number of rotatable bonds is 6. The van der Waals surface area contributed by atoms with E-state index in [2.05, 4.69) is 17.6 Å². The first-order valence-electron chi connectivity index (χ1n) is 6.71. The molecule has 0 aromatic heterocycles. The van der Waals surface area contributed by atoms with Crippen molar-refractivity contribution in [2.75, 3.05) is 33.7 Å². The smallest absolute Gasteiger partial charge is 0.227 e. The Morgan fingerprint density at radius 1 is 1.39 bits per heavy atom. The van der Waals surface area contributed by atoms with E-state index >= 15 is 0 Å². The van der Waals surface area contributed by atoms with Gasteiger partial charge in [0.1, 0.15) is 0 Å². The highest BCUT2D eigenvalue weighted by atomic mass is 16.2. The molecule has 1 aliphatic heterocycles. The number of carbonyl (C=O) groups excluding carboxylic acids is 2. The molecular weight excluding hydrogens is 230 g/mol. The molecule has 1 heterocycles. The number of carbonyl (C=O) groups is 2. The molecule has 0 saturated carbocycles. The van der Waals surface area contributed by atoms with Crippen molar-refractivity contribution in [1.82, 2.24) is 15.5 Å². The first-order valence-corrected chi connectivity index (χ1v) is 6.71. The Hall–Kier alpha value is -1.10. The van der Waals surface area contributed by atoms with E-state index in [4.69, 9.17) is 0 Å². The fourth-order valence-electron chi connectivity index (χ4n) is 2.44. The second kappa shape index (κ2) is 6.73. The summed E-state index contributed by atoms with van der Waals surface area (Å²) in [6.45, 7) is 4.20. The van der Waals surface area contributed by atoms with E-state index in [1.807, 2.05) is 0 Å². The summed E-state index contributed by atoms with van der Waals surface area (Å²) in [7, 11) is 3.45. The minimum absolute atomic E-state index is 0.0457. The van der Waals surface area contributed by atoms with Gasteiger partial charge in [-0.1, -0.05) is 13.3 Å². The zero-order chi connectivity index (χ0) is 13.6. The van der Waals surface area contributed by atoms with Gasteiger partial charge in [0.05, 0.1) is 5.41 Å². The molecule has 0 bridgehead atoms. The second-order valence-corrected chi connectivity index (χ2v) is 5.25. The summed E-state index contributed by atoms with van der Waals surface area (Å²) in [6, 6.07) is 0. The largest absolute Gasteiger partial charge is 0.355 e. The topological polar surface area (TPSA) is 61.4 Å². The maximum Gasteiger partial charge on any atom is 0.227 e. The van der Waals surface area contributed by atoms with Crippen molar-refractivity contribution in [3.63, 3.8) is 0 Å². The molecule has 0 aromatic carbocycles. The average molecular weight is 255 g/mol. The van der Waals surface area contributed by atoms with Crippen LogP contribution in [0.1, 0.15) is 32.6 Å². The van der Waals surface area contributed by atoms with Crippen molar-refractivity contribution < 1.29 is 9.59 Å². The Bertz CT molecular complexity index is 297. The number of nitrogens with one attached hydrogen (secondary N) is 2. The minimum atomic E-state index is -0.254. The van der Waals surface area contributed by atoms with Crippen molar-refractivity contribution in [2.24, 2.45) is 5.41 Å². The second-order valence-electron chi connectivity index (χ2n) is 5.25. The summed E-state index contributed by atoms with van der Waals surface area (Å²) in [5, 5.41) is 6.17. The summed E-state index contributed by atoms with van der Waals surface area (Å²) < 4.78 is 0. The fraction of sp³-hybridized carbons (Fsp3) is 0.846. The van der Waals surface area contributed by atoms with Crippen molar-refractivity contribution in [3.05, 3.63) is 0 Å². The van der Waals surface area contributed by atoms with Crippen LogP contribution in [0.4, 0.5) is 0 Å². The lowest BCUT2D eigenvalue weighted by atomic mass is 9.81. The van der Waals surface area contributed by atoms with Crippen LogP contribution in [0.25, 0.3) is 0 Å². The fourth-order valence-corrected chi connectivity index (χ4v) is 2.44. The molecule has 1 atom stereocenters. The zero-order valence-electron chi connectivity index (χ0n) is 11.7. The van der Waals surface area contributed by atoms with E-state index in [1.54, 1.807) is 19.0 Å². The van der Waals surface area contributed by atoms with Gasteiger partial charge in [0.2, 0.25) is 11.8 Å². The monoisotopic (exact) mass is 255 g/mol. The van der Waals surface area contributed by atoms with Gasteiger partial charge in [-0.05, 0) is 19.4 Å². The highest BCUT2D eigenvalue weighted by molar-refractivity contribution is 5.84. The van der Waals surface area contributed by atoms with Crippen molar-refractivity contribution in [1.29, 1.82) is 0 Å². The Morgan fingerprint density at radius 3 is 2.61 bits per heavy atom. The summed E-state index contributed by atoms with van der Waals surface area (Å²) in [5.74, 6) is 0.144. The molecule has 1 rings (SSSR count). The van der Waals surface area contributed by atoms with Gasteiger partial charge in [-0.2, -0.15) is 0 Å². The van der Waals surface area contributed by atoms with E-state index in [0.29, 0.717) is 13.0 Å². The highest BCUT2D eigenvalue weighted by Crippen LogP contribution is 2.31. The van der Waals surface area contributed by atoms with E-state index in [1.165, 1.54) is 0 Å². The van der Waals surface area contributed by atoms with E-state index < -0.39 is 0 Å². The lowest BCUT2D eigenvalue weighted by Crippen LogP contribution is -2.43. The van der Waals surface area contributed by atoms with E-state index in [-0.39, 0.29) is 17.2 Å². The van der Waals surface area contributed by atoms with E-state index in [9.17, 15) is 9.59 Å². The molecule has 5 heteroatoms. The van der Waals surface area contributed by atoms with Crippen LogP contribution in [0.2, 0.25) is 0 Å². The van der Waals surface area contributed by atoms with Crippen molar-refractivity contribution >= 4 is 11.8 Å². The molecular formula is C13H25N3O2. The lowest BCUT2D eigenvalue weighted by molar-refractivity contribution is -0.131. The van der Waals surface area contributed by atoms with Crippen LogP contribution >= 0.6 is 0 Å². The highest BCUT2D eigenvalue weighted by Gasteiger charge is 2.39. The van der Waals surface area contributed by atoms with Crippen LogP contribution < -0.4 is 10.6 Å². The van der Waals surface area contributed by atoms with Crippen LogP contribution in [0.5, 0.6) is 0 Å². The molecule has 2 N–H and O–H groups in total. The first-order chi connectivity index (χ1) is 8.52. The van der Waals surface area contributed by atoms with Gasteiger partial charge in [0.15, 0.2) is 0 Å². The Balaban J connectivity index is 2.41. The predicted octanol–water partition coefficient (Wildman–Crippen LogP) is 0.361. The third kappa shape index (κ3) is 3.70. The Morgan fingerprint density at radius 2 is 2.11 bits per heavy atom. The molecule has 0 aromatic rings. The van der Waals surface area contributed by atoms with Crippen LogP contribution in [0.3, 0.4) is 0 Å². The van der Waals surface area contributed by atoms with E-state index in [0.717, 1.165) is 32.4 Å². The molecule has 0 spiro atoms. The summed E-state index contributed by atoms with van der Waals surface area (Å²) >= 11 is 0. The van der Waals surface area contributed by atoms with Gasteiger partial charge in [-0.25, -0.2) is 0 Å². The number of hydrogen-bond donors (Lipinski definition) is 2. The molecule has 2 amide bonds. The Labute approximate surface area is 109 Å². The van der Waals surface area contributed by atoms with Gasteiger partial charge >= 0.3 is 0 Å². The number of nitrogens with zero attached hydrogens (tertiary/aromatic N) is 1. The zero-order valence-corrected chi connectivity index (χ0v) is 11.7.